The van der Waals surface area contributed by atoms with Gasteiger partial charge in [-0.15, -0.1) is 0 Å². The van der Waals surface area contributed by atoms with Crippen LogP contribution < -0.4 is 0 Å². The van der Waals surface area contributed by atoms with Gasteiger partial charge in [0.25, 0.3) is 0 Å². The fraction of sp³-hybridized carbons (Fsp3) is 0.400. The molecule has 1 fully saturated rings. The van der Waals surface area contributed by atoms with Crippen LogP contribution in [0, 0.1) is 6.07 Å². The second-order valence-electron chi connectivity index (χ2n) is 3.03. The fourth-order valence-electron chi connectivity index (χ4n) is 1.00. The number of rotatable bonds is 3. The average molecular weight is 182 g/mol. The maximum Gasteiger partial charge on any atom is 0.0735 e. The molecule has 63 valence electrons. The molecule has 1 saturated carbocycles. The van der Waals surface area contributed by atoms with Crippen molar-refractivity contribution in [3.63, 3.8) is 0 Å². The molecule has 1 aliphatic carbocycles. The SMILES string of the molecule is Clc1c[c]ccc1COC1CC1. The summed E-state index contributed by atoms with van der Waals surface area (Å²) < 4.78 is 5.52. The molecule has 0 N–H and O–H groups in total. The standard InChI is InChI=1S/C10H10ClO/c11-10-4-2-1-3-8(10)7-12-9-5-6-9/h1,3-4,9H,5-7H2. The van der Waals surface area contributed by atoms with Gasteiger partial charge in [0.1, 0.15) is 0 Å². The molecule has 1 aromatic carbocycles. The maximum atomic E-state index is 5.92. The zero-order valence-corrected chi connectivity index (χ0v) is 7.47. The predicted octanol–water partition coefficient (Wildman–Crippen LogP) is 2.82. The van der Waals surface area contributed by atoms with Crippen molar-refractivity contribution in [1.29, 1.82) is 0 Å². The predicted molar refractivity (Wildman–Crippen MR) is 48.1 cm³/mol. The number of halogens is 1. The van der Waals surface area contributed by atoms with E-state index in [-0.39, 0.29) is 0 Å². The Morgan fingerprint density at radius 1 is 1.58 bits per heavy atom. The van der Waals surface area contributed by atoms with Crippen LogP contribution in [0.3, 0.4) is 0 Å². The molecule has 12 heavy (non-hydrogen) atoms. The van der Waals surface area contributed by atoms with Crippen molar-refractivity contribution >= 4 is 11.6 Å². The first-order valence-electron chi connectivity index (χ1n) is 4.12. The molecule has 0 amide bonds. The molecule has 0 aliphatic heterocycles. The maximum absolute atomic E-state index is 5.92. The minimum absolute atomic E-state index is 0.491. The molecule has 0 bridgehead atoms. The molecule has 1 aromatic rings. The summed E-state index contributed by atoms with van der Waals surface area (Å²) in [5.74, 6) is 0. The van der Waals surface area contributed by atoms with Gasteiger partial charge in [-0.3, -0.25) is 0 Å². The molecule has 2 heteroatoms. The number of benzene rings is 1. The van der Waals surface area contributed by atoms with Crippen molar-refractivity contribution in [1.82, 2.24) is 0 Å². The Hall–Kier alpha value is -0.530. The van der Waals surface area contributed by atoms with E-state index in [9.17, 15) is 0 Å². The molecular formula is C10H10ClO. The number of hydrogen-bond acceptors (Lipinski definition) is 1. The van der Waals surface area contributed by atoms with E-state index in [2.05, 4.69) is 6.07 Å². The largest absolute Gasteiger partial charge is 0.373 e. The van der Waals surface area contributed by atoms with Gasteiger partial charge in [0, 0.05) is 5.02 Å². The normalized spacial score (nSPS) is 16.4. The van der Waals surface area contributed by atoms with E-state index in [1.54, 1.807) is 6.07 Å². The molecule has 0 spiro atoms. The summed E-state index contributed by atoms with van der Waals surface area (Å²) in [7, 11) is 0. The van der Waals surface area contributed by atoms with E-state index in [0.29, 0.717) is 12.7 Å². The van der Waals surface area contributed by atoms with Gasteiger partial charge in [-0.2, -0.15) is 0 Å². The highest BCUT2D eigenvalue weighted by atomic mass is 35.5. The van der Waals surface area contributed by atoms with Gasteiger partial charge in [0.2, 0.25) is 0 Å². The fourth-order valence-corrected chi connectivity index (χ4v) is 1.18. The van der Waals surface area contributed by atoms with Gasteiger partial charge in [0.15, 0.2) is 0 Å². The van der Waals surface area contributed by atoms with Crippen molar-refractivity contribution in [3.8, 4) is 0 Å². The van der Waals surface area contributed by atoms with Gasteiger partial charge in [-0.05, 0) is 30.5 Å². The van der Waals surface area contributed by atoms with Crippen LogP contribution in [-0.2, 0) is 11.3 Å². The lowest BCUT2D eigenvalue weighted by molar-refractivity contribution is 0.106. The molecule has 0 unspecified atom stereocenters. The van der Waals surface area contributed by atoms with Gasteiger partial charge in [-0.25, -0.2) is 0 Å². The van der Waals surface area contributed by atoms with E-state index in [4.69, 9.17) is 16.3 Å². The Morgan fingerprint density at radius 2 is 2.42 bits per heavy atom. The Bertz CT molecular complexity index is 268. The summed E-state index contributed by atoms with van der Waals surface area (Å²) in [5.41, 5.74) is 1.06. The lowest BCUT2D eigenvalue weighted by Gasteiger charge is -2.03. The van der Waals surface area contributed by atoms with E-state index in [1.807, 2.05) is 12.1 Å². The molecule has 0 saturated heterocycles. The highest BCUT2D eigenvalue weighted by Gasteiger charge is 2.21. The lowest BCUT2D eigenvalue weighted by Crippen LogP contribution is -1.94. The van der Waals surface area contributed by atoms with Gasteiger partial charge >= 0.3 is 0 Å². The van der Waals surface area contributed by atoms with Gasteiger partial charge in [0.05, 0.1) is 12.7 Å². The molecule has 1 aliphatic rings. The number of ether oxygens (including phenoxy) is 1. The summed E-state index contributed by atoms with van der Waals surface area (Å²) in [6.45, 7) is 0.637. The Morgan fingerprint density at radius 3 is 3.08 bits per heavy atom. The quantitative estimate of drug-likeness (QED) is 0.697. The minimum atomic E-state index is 0.491. The first-order chi connectivity index (χ1) is 5.86. The summed E-state index contributed by atoms with van der Waals surface area (Å²) in [4.78, 5) is 0. The van der Waals surface area contributed by atoms with Crippen LogP contribution in [0.15, 0.2) is 18.2 Å². The summed E-state index contributed by atoms with van der Waals surface area (Å²) in [5, 5.41) is 0.748. The van der Waals surface area contributed by atoms with Crippen LogP contribution in [0.4, 0.5) is 0 Å². The van der Waals surface area contributed by atoms with E-state index in [1.165, 1.54) is 12.8 Å². The molecular weight excluding hydrogens is 172 g/mol. The Labute approximate surface area is 77.3 Å². The van der Waals surface area contributed by atoms with Gasteiger partial charge in [-0.1, -0.05) is 23.7 Å². The van der Waals surface area contributed by atoms with Crippen LogP contribution in [0.1, 0.15) is 18.4 Å². The zero-order valence-electron chi connectivity index (χ0n) is 6.72. The molecule has 1 radical (unpaired) electrons. The van der Waals surface area contributed by atoms with Crippen LogP contribution in [0.5, 0.6) is 0 Å². The summed E-state index contributed by atoms with van der Waals surface area (Å²) in [6.07, 6.45) is 2.90. The average Bonchev–Trinajstić information content (AvgIpc) is 2.86. The van der Waals surface area contributed by atoms with Crippen molar-refractivity contribution < 1.29 is 4.74 Å². The smallest absolute Gasteiger partial charge is 0.0735 e. The van der Waals surface area contributed by atoms with E-state index >= 15 is 0 Å². The Balaban J connectivity index is 1.96. The van der Waals surface area contributed by atoms with Gasteiger partial charge < -0.3 is 4.74 Å². The monoisotopic (exact) mass is 181 g/mol. The molecule has 2 rings (SSSR count). The van der Waals surface area contributed by atoms with Crippen molar-refractivity contribution in [2.75, 3.05) is 0 Å². The molecule has 1 nitrogen and oxygen atoms in total. The third-order valence-electron chi connectivity index (χ3n) is 1.90. The third kappa shape index (κ3) is 1.99. The highest BCUT2D eigenvalue weighted by molar-refractivity contribution is 6.31. The van der Waals surface area contributed by atoms with E-state index in [0.717, 1.165) is 10.6 Å². The third-order valence-corrected chi connectivity index (χ3v) is 2.25. The van der Waals surface area contributed by atoms with Crippen LogP contribution >= 0.6 is 11.6 Å². The minimum Gasteiger partial charge on any atom is -0.373 e. The molecule has 0 aromatic heterocycles. The van der Waals surface area contributed by atoms with Crippen molar-refractivity contribution in [3.05, 3.63) is 34.9 Å². The highest BCUT2D eigenvalue weighted by Crippen LogP contribution is 2.26. The first kappa shape index (κ1) is 8.09. The first-order valence-corrected chi connectivity index (χ1v) is 4.50. The van der Waals surface area contributed by atoms with Crippen molar-refractivity contribution in [2.45, 2.75) is 25.6 Å². The second-order valence-corrected chi connectivity index (χ2v) is 3.44. The van der Waals surface area contributed by atoms with Crippen LogP contribution in [0.25, 0.3) is 0 Å². The Kier molecular flexibility index (Phi) is 2.33. The second kappa shape index (κ2) is 3.46. The molecule has 0 atom stereocenters. The summed E-state index contributed by atoms with van der Waals surface area (Å²) in [6, 6.07) is 8.50. The topological polar surface area (TPSA) is 9.23 Å². The zero-order chi connectivity index (χ0) is 8.39. The van der Waals surface area contributed by atoms with Crippen molar-refractivity contribution in [2.24, 2.45) is 0 Å². The van der Waals surface area contributed by atoms with E-state index < -0.39 is 0 Å². The van der Waals surface area contributed by atoms with Crippen LogP contribution in [0.2, 0.25) is 5.02 Å². The summed E-state index contributed by atoms with van der Waals surface area (Å²) >= 11 is 5.92. The lowest BCUT2D eigenvalue weighted by atomic mass is 10.2. The van der Waals surface area contributed by atoms with Crippen LogP contribution in [-0.4, -0.2) is 6.10 Å². The number of hydrogen-bond donors (Lipinski definition) is 0. The molecule has 0 heterocycles.